The van der Waals surface area contributed by atoms with Gasteiger partial charge in [0.2, 0.25) is 5.91 Å². The third kappa shape index (κ3) is 4.22. The Morgan fingerprint density at radius 2 is 1.79 bits per heavy atom. The van der Waals surface area contributed by atoms with Crippen LogP contribution in [0.15, 0.2) is 78.9 Å². The second kappa shape index (κ2) is 9.05. The highest BCUT2D eigenvalue weighted by Crippen LogP contribution is 2.36. The van der Waals surface area contributed by atoms with E-state index < -0.39 is 0 Å². The first-order valence-electron chi connectivity index (χ1n) is 11.8. The standard InChI is InChI=1S/C28H26N4OS/c33-28(20-12-14-32(15-13-20)18-19-6-2-1-3-7-19)29-22-10-11-24-23(17-22)27(31-30-24)26-16-21-8-4-5-9-25(21)34-26/h1-11,16-17,20H,12-15,18H2,(H,29,33)(H,30,31). The van der Waals surface area contributed by atoms with Crippen molar-refractivity contribution in [3.05, 3.63) is 84.4 Å². The Morgan fingerprint density at radius 1 is 1.00 bits per heavy atom. The Morgan fingerprint density at radius 3 is 2.62 bits per heavy atom. The number of carbonyl (C=O) groups excluding carboxylic acids is 1. The Labute approximate surface area is 202 Å². The van der Waals surface area contributed by atoms with Gasteiger partial charge in [0.05, 0.1) is 10.4 Å². The fourth-order valence-electron chi connectivity index (χ4n) is 4.82. The zero-order valence-corrected chi connectivity index (χ0v) is 19.6. The number of anilines is 1. The van der Waals surface area contributed by atoms with Gasteiger partial charge in [-0.15, -0.1) is 11.3 Å². The van der Waals surface area contributed by atoms with Gasteiger partial charge in [-0.1, -0.05) is 48.5 Å². The Kier molecular flexibility index (Phi) is 5.61. The molecular weight excluding hydrogens is 440 g/mol. The van der Waals surface area contributed by atoms with Crippen LogP contribution in [0.1, 0.15) is 18.4 Å². The minimum atomic E-state index is 0.0501. The first-order chi connectivity index (χ1) is 16.7. The molecule has 0 unspecified atom stereocenters. The van der Waals surface area contributed by atoms with E-state index in [1.54, 1.807) is 11.3 Å². The highest BCUT2D eigenvalue weighted by Gasteiger charge is 2.25. The van der Waals surface area contributed by atoms with Crippen LogP contribution in [0.2, 0.25) is 0 Å². The second-order valence-electron chi connectivity index (χ2n) is 9.01. The molecule has 1 fully saturated rings. The monoisotopic (exact) mass is 466 g/mol. The molecule has 0 radical (unpaired) electrons. The second-order valence-corrected chi connectivity index (χ2v) is 10.1. The average molecular weight is 467 g/mol. The van der Waals surface area contributed by atoms with Crippen LogP contribution >= 0.6 is 11.3 Å². The first-order valence-corrected chi connectivity index (χ1v) is 12.6. The normalized spacial score (nSPS) is 15.2. The van der Waals surface area contributed by atoms with Crippen LogP contribution < -0.4 is 5.32 Å². The number of fused-ring (bicyclic) bond motifs is 2. The molecule has 3 heterocycles. The van der Waals surface area contributed by atoms with Gasteiger partial charge in [-0.3, -0.25) is 14.8 Å². The summed E-state index contributed by atoms with van der Waals surface area (Å²) in [6.45, 7) is 2.85. The highest BCUT2D eigenvalue weighted by molar-refractivity contribution is 7.22. The number of thiophene rings is 1. The number of nitrogens with zero attached hydrogens (tertiary/aromatic N) is 2. The quantitative estimate of drug-likeness (QED) is 0.320. The van der Waals surface area contributed by atoms with E-state index in [-0.39, 0.29) is 11.8 Å². The predicted octanol–water partition coefficient (Wildman–Crippen LogP) is 6.30. The summed E-state index contributed by atoms with van der Waals surface area (Å²) in [5.74, 6) is 0.166. The SMILES string of the molecule is O=C(Nc1ccc2[nH]nc(-c3cc4ccccc4s3)c2c1)C1CCN(Cc2ccccc2)CC1. The van der Waals surface area contributed by atoms with Crippen LogP contribution in [0.3, 0.4) is 0 Å². The van der Waals surface area contributed by atoms with Gasteiger partial charge in [0, 0.05) is 28.2 Å². The summed E-state index contributed by atoms with van der Waals surface area (Å²) in [7, 11) is 0. The molecule has 2 aromatic heterocycles. The Bertz CT molecular complexity index is 1410. The van der Waals surface area contributed by atoms with Crippen molar-refractivity contribution in [3.63, 3.8) is 0 Å². The molecule has 2 N–H and O–H groups in total. The molecule has 1 aliphatic rings. The molecule has 1 amide bonds. The Balaban J connectivity index is 1.15. The van der Waals surface area contributed by atoms with E-state index in [1.165, 1.54) is 15.6 Å². The van der Waals surface area contributed by atoms with Gasteiger partial charge in [0.15, 0.2) is 0 Å². The molecule has 0 atom stereocenters. The lowest BCUT2D eigenvalue weighted by Gasteiger charge is -2.31. The van der Waals surface area contributed by atoms with Crippen molar-refractivity contribution in [2.45, 2.75) is 19.4 Å². The van der Waals surface area contributed by atoms with Gasteiger partial charge in [0.1, 0.15) is 5.69 Å². The number of benzene rings is 3. The number of H-pyrrole nitrogens is 1. The summed E-state index contributed by atoms with van der Waals surface area (Å²) < 4.78 is 1.25. The molecule has 0 spiro atoms. The molecular formula is C28H26N4OS. The minimum absolute atomic E-state index is 0.0501. The largest absolute Gasteiger partial charge is 0.326 e. The van der Waals surface area contributed by atoms with E-state index in [0.717, 1.165) is 59.6 Å². The number of amides is 1. The lowest BCUT2D eigenvalue weighted by atomic mass is 9.95. The zero-order valence-electron chi connectivity index (χ0n) is 18.8. The maximum atomic E-state index is 13.0. The summed E-state index contributed by atoms with van der Waals surface area (Å²) in [4.78, 5) is 16.6. The molecule has 5 nitrogen and oxygen atoms in total. The molecule has 5 aromatic rings. The van der Waals surface area contributed by atoms with Gasteiger partial charge in [-0.2, -0.15) is 5.10 Å². The zero-order chi connectivity index (χ0) is 22.9. The molecule has 1 saturated heterocycles. The van der Waals surface area contributed by atoms with Crippen LogP contribution in [0.5, 0.6) is 0 Å². The van der Waals surface area contributed by atoms with Crippen LogP contribution in [-0.2, 0) is 11.3 Å². The van der Waals surface area contributed by atoms with E-state index in [4.69, 9.17) is 0 Å². The first kappa shape index (κ1) is 21.1. The molecule has 3 aromatic carbocycles. The van der Waals surface area contributed by atoms with E-state index in [9.17, 15) is 4.79 Å². The number of nitrogens with one attached hydrogen (secondary N) is 2. The van der Waals surface area contributed by atoms with E-state index in [1.807, 2.05) is 24.3 Å². The Hall–Kier alpha value is -3.48. The molecule has 0 saturated carbocycles. The lowest BCUT2D eigenvalue weighted by Crippen LogP contribution is -2.37. The van der Waals surface area contributed by atoms with E-state index >= 15 is 0 Å². The number of aromatic amines is 1. The number of rotatable bonds is 5. The van der Waals surface area contributed by atoms with Crippen molar-refractivity contribution in [2.75, 3.05) is 18.4 Å². The van der Waals surface area contributed by atoms with Gasteiger partial charge < -0.3 is 5.32 Å². The number of likely N-dealkylation sites (tertiary alicyclic amines) is 1. The van der Waals surface area contributed by atoms with Crippen molar-refractivity contribution < 1.29 is 4.79 Å². The van der Waals surface area contributed by atoms with Crippen LogP contribution in [0.25, 0.3) is 31.6 Å². The number of piperidine rings is 1. The molecule has 6 rings (SSSR count). The van der Waals surface area contributed by atoms with Crippen molar-refractivity contribution >= 4 is 43.9 Å². The minimum Gasteiger partial charge on any atom is -0.326 e. The summed E-state index contributed by atoms with van der Waals surface area (Å²) in [6.07, 6.45) is 1.78. The number of hydrogen-bond donors (Lipinski definition) is 2. The maximum Gasteiger partial charge on any atom is 0.227 e. The number of hydrogen-bond acceptors (Lipinski definition) is 4. The summed E-state index contributed by atoms with van der Waals surface area (Å²) >= 11 is 1.74. The summed E-state index contributed by atoms with van der Waals surface area (Å²) in [5, 5.41) is 13.1. The van der Waals surface area contributed by atoms with Crippen LogP contribution in [0, 0.1) is 5.92 Å². The van der Waals surface area contributed by atoms with Crippen LogP contribution in [-0.4, -0.2) is 34.1 Å². The summed E-state index contributed by atoms with van der Waals surface area (Å²) in [6, 6.07) is 27.1. The van der Waals surface area contributed by atoms with Crippen molar-refractivity contribution in [3.8, 4) is 10.6 Å². The third-order valence-corrected chi connectivity index (χ3v) is 7.82. The van der Waals surface area contributed by atoms with Gasteiger partial charge in [-0.25, -0.2) is 0 Å². The van der Waals surface area contributed by atoms with Crippen LogP contribution in [0.4, 0.5) is 5.69 Å². The average Bonchev–Trinajstić information content (AvgIpc) is 3.49. The summed E-state index contributed by atoms with van der Waals surface area (Å²) in [5.41, 5.74) is 4.06. The number of aromatic nitrogens is 2. The molecule has 0 bridgehead atoms. The molecule has 170 valence electrons. The van der Waals surface area contributed by atoms with Gasteiger partial charge in [0.25, 0.3) is 0 Å². The predicted molar refractivity (Wildman–Crippen MR) is 140 cm³/mol. The smallest absolute Gasteiger partial charge is 0.227 e. The molecule has 1 aliphatic heterocycles. The van der Waals surface area contributed by atoms with E-state index in [2.05, 4.69) is 75.0 Å². The molecule has 34 heavy (non-hydrogen) atoms. The molecule has 0 aliphatic carbocycles. The van der Waals surface area contributed by atoms with E-state index in [0.29, 0.717) is 0 Å². The number of carbonyl (C=O) groups is 1. The van der Waals surface area contributed by atoms with Crippen molar-refractivity contribution in [2.24, 2.45) is 5.92 Å². The fourth-order valence-corrected chi connectivity index (χ4v) is 5.88. The highest BCUT2D eigenvalue weighted by atomic mass is 32.1. The fraction of sp³-hybridized carbons (Fsp3) is 0.214. The van der Waals surface area contributed by atoms with Gasteiger partial charge in [-0.05, 0) is 67.2 Å². The lowest BCUT2D eigenvalue weighted by molar-refractivity contribution is -0.121. The van der Waals surface area contributed by atoms with Crippen molar-refractivity contribution in [1.82, 2.24) is 15.1 Å². The maximum absolute atomic E-state index is 13.0. The molecule has 6 heteroatoms. The topological polar surface area (TPSA) is 61.0 Å². The van der Waals surface area contributed by atoms with Gasteiger partial charge >= 0.3 is 0 Å². The van der Waals surface area contributed by atoms with Crippen molar-refractivity contribution in [1.29, 1.82) is 0 Å². The third-order valence-electron chi connectivity index (χ3n) is 6.70.